The van der Waals surface area contributed by atoms with Gasteiger partial charge in [-0.3, -0.25) is 9.79 Å². The molecule has 1 saturated carbocycles. The van der Waals surface area contributed by atoms with Gasteiger partial charge in [-0.2, -0.15) is 0 Å². The summed E-state index contributed by atoms with van der Waals surface area (Å²) in [5.41, 5.74) is 2.96. The van der Waals surface area contributed by atoms with Crippen LogP contribution in [0.4, 0.5) is 0 Å². The standard InChI is InChI=1S/C26H30N4O3.Fe/c1-17(2)21(29-26(32)33-3)15-24(31)30-14-6-9-23(30)25-27-16-22(28-25)20-12-10-19(11-13-20)18-7-4-5-8-18;/h4-5,7-8,10-13,16-17,21,23H,6,9,14-15H2,1-3H3,(H-,27,28,29,32);/q-1;+2/p-1/t21-,23+;/m1./s1. The minimum absolute atomic E-state index is 0. The largest absolute Gasteiger partial charge is 2.00 e. The molecule has 4 rings (SSSR count). The zero-order valence-corrected chi connectivity index (χ0v) is 20.7. The Hall–Kier alpha value is -2.31. The molecule has 2 aliphatic rings. The zero-order chi connectivity index (χ0) is 23.4. The van der Waals surface area contributed by atoms with Crippen LogP contribution in [0.15, 0.2) is 35.5 Å². The first-order chi connectivity index (χ1) is 16.0. The van der Waals surface area contributed by atoms with Crippen molar-refractivity contribution in [2.45, 2.75) is 45.2 Å². The van der Waals surface area contributed by atoms with Crippen molar-refractivity contribution >= 4 is 12.0 Å². The fraction of sp³-hybridized carbons (Fsp3) is 0.385. The van der Waals surface area contributed by atoms with Gasteiger partial charge in [-0.25, -0.2) is 0 Å². The van der Waals surface area contributed by atoms with Crippen LogP contribution in [0.5, 0.6) is 0 Å². The molecule has 34 heavy (non-hydrogen) atoms. The molecule has 0 bridgehead atoms. The molecular weight excluding hydrogens is 472 g/mol. The molecule has 0 N–H and O–H groups in total. The van der Waals surface area contributed by atoms with Crippen molar-refractivity contribution in [2.75, 3.05) is 13.7 Å². The smallest absolute Gasteiger partial charge is 0.604 e. The van der Waals surface area contributed by atoms with Crippen molar-refractivity contribution in [1.29, 1.82) is 0 Å². The summed E-state index contributed by atoms with van der Waals surface area (Å²) in [5.74, 6) is 1.87. The molecule has 8 heteroatoms. The molecule has 2 atom stereocenters. The molecule has 0 spiro atoms. The molecule has 5 radical (unpaired) electrons. The summed E-state index contributed by atoms with van der Waals surface area (Å²) in [6.45, 7) is 4.55. The first kappa shape index (κ1) is 26.3. The third kappa shape index (κ3) is 6.02. The number of aromatic nitrogens is 2. The van der Waals surface area contributed by atoms with Crippen LogP contribution >= 0.6 is 0 Å². The molecule has 179 valence electrons. The van der Waals surface area contributed by atoms with E-state index in [1.807, 2.05) is 31.6 Å². The van der Waals surface area contributed by atoms with Gasteiger partial charge in [0.1, 0.15) is 6.08 Å². The minimum Gasteiger partial charge on any atom is -0.604 e. The topological polar surface area (TPSA) is 91.9 Å². The Morgan fingerprint density at radius 1 is 1.24 bits per heavy atom. The van der Waals surface area contributed by atoms with Crippen molar-refractivity contribution in [1.82, 2.24) is 14.9 Å². The molecule has 2 heterocycles. The number of ether oxygens (including phenoxy) is 1. The Kier molecular flexibility index (Phi) is 9.20. The third-order valence-corrected chi connectivity index (χ3v) is 6.20. The number of hydrogen-bond acceptors (Lipinski definition) is 5. The van der Waals surface area contributed by atoms with Crippen molar-refractivity contribution in [3.63, 3.8) is 0 Å². The Labute approximate surface area is 212 Å². The number of rotatable bonds is 7. The van der Waals surface area contributed by atoms with Crippen molar-refractivity contribution in [3.8, 4) is 11.3 Å². The Morgan fingerprint density at radius 3 is 2.56 bits per heavy atom. The second kappa shape index (κ2) is 11.9. The van der Waals surface area contributed by atoms with E-state index in [9.17, 15) is 9.90 Å². The van der Waals surface area contributed by atoms with E-state index >= 15 is 0 Å². The summed E-state index contributed by atoms with van der Waals surface area (Å²) in [6.07, 6.45) is 11.2. The SMILES string of the molecule is COC([O-])=N[C@H](CC(=O)N1CCC[C@H]1c1nc(-c2ccc([C]3[CH][CH][CH][CH]3)cc2)c[n-]1)C(C)C.[Fe+2]. The fourth-order valence-corrected chi connectivity index (χ4v) is 4.26. The van der Waals surface area contributed by atoms with E-state index in [1.54, 1.807) is 6.20 Å². The number of likely N-dealkylation sites (tertiary alicyclic amines) is 1. The van der Waals surface area contributed by atoms with Crippen molar-refractivity contribution in [3.05, 3.63) is 73.5 Å². The molecule has 1 aliphatic carbocycles. The number of amides is 1. The van der Waals surface area contributed by atoms with E-state index in [0.717, 1.165) is 29.7 Å². The summed E-state index contributed by atoms with van der Waals surface area (Å²) >= 11 is 0. The van der Waals surface area contributed by atoms with E-state index in [4.69, 9.17) is 4.98 Å². The first-order valence-corrected chi connectivity index (χ1v) is 11.4. The van der Waals surface area contributed by atoms with E-state index in [-0.39, 0.29) is 41.4 Å². The normalized spacial score (nSPS) is 19.9. The van der Waals surface area contributed by atoms with Gasteiger partial charge in [-0.1, -0.05) is 50.1 Å². The number of imidazole rings is 1. The third-order valence-electron chi connectivity index (χ3n) is 6.20. The number of carbonyl (C=O) groups excluding carboxylic acids is 1. The van der Waals surface area contributed by atoms with E-state index in [0.29, 0.717) is 12.4 Å². The average Bonchev–Trinajstić information content (AvgIpc) is 3.59. The molecule has 0 unspecified atom stereocenters. The summed E-state index contributed by atoms with van der Waals surface area (Å²) < 4.78 is 4.65. The second-order valence-corrected chi connectivity index (χ2v) is 8.72. The van der Waals surface area contributed by atoms with Gasteiger partial charge < -0.3 is 24.7 Å². The number of benzene rings is 1. The van der Waals surface area contributed by atoms with Crippen LogP contribution in [-0.2, 0) is 26.6 Å². The molecule has 1 saturated heterocycles. The molecule has 2 aromatic rings. The van der Waals surface area contributed by atoms with Gasteiger partial charge in [0, 0.05) is 24.9 Å². The Morgan fingerprint density at radius 2 is 1.91 bits per heavy atom. The van der Waals surface area contributed by atoms with Crippen LogP contribution in [0.1, 0.15) is 50.5 Å². The molecule has 1 aromatic carbocycles. The van der Waals surface area contributed by atoms with Gasteiger partial charge in [0.05, 0.1) is 6.04 Å². The van der Waals surface area contributed by atoms with Gasteiger partial charge in [-0.05, 0) is 68.4 Å². The number of methoxy groups -OCH3 is 1. The Bertz CT molecular complexity index is 967. The Balaban J connectivity index is 0.00000324. The minimum atomic E-state index is -0.645. The maximum atomic E-state index is 13.1. The molecule has 7 nitrogen and oxygen atoms in total. The molecular formula is C26H29FeN4O3. The average molecular weight is 501 g/mol. The maximum Gasteiger partial charge on any atom is 2.00 e. The number of hydrogen-bond donors (Lipinski definition) is 0. The zero-order valence-electron chi connectivity index (χ0n) is 19.6. The molecule has 1 aromatic heterocycles. The van der Waals surface area contributed by atoms with Gasteiger partial charge in [0.25, 0.3) is 0 Å². The fourth-order valence-electron chi connectivity index (χ4n) is 4.26. The van der Waals surface area contributed by atoms with Gasteiger partial charge in [0.2, 0.25) is 5.91 Å². The molecule has 1 aliphatic heterocycles. The van der Waals surface area contributed by atoms with E-state index in [1.165, 1.54) is 13.0 Å². The molecule has 1 amide bonds. The number of nitrogens with zero attached hydrogens (tertiary/aromatic N) is 4. The predicted molar refractivity (Wildman–Crippen MR) is 124 cm³/mol. The quantitative estimate of drug-likeness (QED) is 0.331. The monoisotopic (exact) mass is 501 g/mol. The van der Waals surface area contributed by atoms with Crippen LogP contribution in [-0.4, -0.2) is 41.6 Å². The second-order valence-electron chi connectivity index (χ2n) is 8.72. The van der Waals surface area contributed by atoms with Crippen LogP contribution in [0.3, 0.4) is 0 Å². The van der Waals surface area contributed by atoms with E-state index < -0.39 is 12.1 Å². The maximum absolute atomic E-state index is 13.1. The molecule has 2 fully saturated rings. The van der Waals surface area contributed by atoms with Crippen LogP contribution in [0.2, 0.25) is 0 Å². The van der Waals surface area contributed by atoms with Crippen molar-refractivity contribution in [2.24, 2.45) is 10.9 Å². The number of carbonyl (C=O) groups is 1. The van der Waals surface area contributed by atoms with Gasteiger partial charge in [-0.15, -0.1) is 0 Å². The summed E-state index contributed by atoms with van der Waals surface area (Å²) in [7, 11) is 1.29. The first-order valence-electron chi connectivity index (χ1n) is 11.4. The summed E-state index contributed by atoms with van der Waals surface area (Å²) in [5, 5.41) is 11.6. The van der Waals surface area contributed by atoms with E-state index in [2.05, 4.69) is 51.8 Å². The van der Waals surface area contributed by atoms with Crippen molar-refractivity contribution < 1.29 is 31.7 Å². The predicted octanol–water partition coefficient (Wildman–Crippen LogP) is 2.90. The number of aliphatic imine (C=N–C) groups is 1. The summed E-state index contributed by atoms with van der Waals surface area (Å²) in [4.78, 5) is 28.3. The van der Waals surface area contributed by atoms with Gasteiger partial charge >= 0.3 is 17.1 Å². The van der Waals surface area contributed by atoms with Crippen LogP contribution < -0.4 is 10.1 Å². The summed E-state index contributed by atoms with van der Waals surface area (Å²) in [6, 6.07) is 7.71. The van der Waals surface area contributed by atoms with Crippen LogP contribution in [0.25, 0.3) is 11.3 Å². The van der Waals surface area contributed by atoms with Gasteiger partial charge in [0.15, 0.2) is 0 Å². The van der Waals surface area contributed by atoms with Crippen LogP contribution in [0, 0.1) is 37.5 Å².